The average molecular weight is 342 g/mol. The van der Waals surface area contributed by atoms with Crippen LogP contribution in [0.25, 0.3) is 0 Å². The van der Waals surface area contributed by atoms with E-state index < -0.39 is 0 Å². The number of carbonyl (C=O) groups excluding carboxylic acids is 1. The van der Waals surface area contributed by atoms with E-state index in [9.17, 15) is 4.79 Å². The Morgan fingerprint density at radius 1 is 1.24 bits per heavy atom. The molecule has 0 aromatic heterocycles. The molecular formula is C19H22N2O4. The van der Waals surface area contributed by atoms with E-state index in [-0.39, 0.29) is 18.7 Å². The molecule has 1 amide bonds. The zero-order valence-electron chi connectivity index (χ0n) is 14.6. The number of hydrogen-bond donors (Lipinski definition) is 1. The maximum absolute atomic E-state index is 12.5. The lowest BCUT2D eigenvalue weighted by Gasteiger charge is -2.24. The van der Waals surface area contributed by atoms with Crippen LogP contribution >= 0.6 is 0 Å². The van der Waals surface area contributed by atoms with Gasteiger partial charge < -0.3 is 19.5 Å². The highest BCUT2D eigenvalue weighted by Crippen LogP contribution is 2.34. The van der Waals surface area contributed by atoms with E-state index in [2.05, 4.69) is 5.32 Å². The van der Waals surface area contributed by atoms with Gasteiger partial charge >= 0.3 is 0 Å². The summed E-state index contributed by atoms with van der Waals surface area (Å²) in [4.78, 5) is 14.5. The highest BCUT2D eigenvalue weighted by Gasteiger charge is 2.20. The molecule has 2 aromatic carbocycles. The van der Waals surface area contributed by atoms with Crippen molar-refractivity contribution in [1.82, 2.24) is 4.90 Å². The summed E-state index contributed by atoms with van der Waals surface area (Å²) >= 11 is 0. The van der Waals surface area contributed by atoms with Crippen LogP contribution in [-0.4, -0.2) is 37.8 Å². The minimum atomic E-state index is -0.295. The minimum absolute atomic E-state index is 0.0794. The summed E-state index contributed by atoms with van der Waals surface area (Å²) in [5, 5.41) is 2.92. The molecule has 132 valence electrons. The van der Waals surface area contributed by atoms with E-state index in [1.54, 1.807) is 25.3 Å². The van der Waals surface area contributed by atoms with Crippen LogP contribution in [0.1, 0.15) is 12.5 Å². The number of carbonyl (C=O) groups is 1. The number of benzene rings is 2. The van der Waals surface area contributed by atoms with Crippen LogP contribution in [0.2, 0.25) is 0 Å². The number of methoxy groups -OCH3 is 1. The van der Waals surface area contributed by atoms with Gasteiger partial charge in [-0.3, -0.25) is 9.69 Å². The maximum Gasteiger partial charge on any atom is 0.241 e. The third-order valence-corrected chi connectivity index (χ3v) is 4.25. The molecule has 1 N–H and O–H groups in total. The number of nitrogens with zero attached hydrogens (tertiary/aromatic N) is 1. The van der Waals surface area contributed by atoms with Crippen LogP contribution in [0.5, 0.6) is 17.2 Å². The van der Waals surface area contributed by atoms with Crippen molar-refractivity contribution in [3.63, 3.8) is 0 Å². The van der Waals surface area contributed by atoms with Crippen molar-refractivity contribution in [1.29, 1.82) is 0 Å². The number of nitrogens with one attached hydrogen (secondary N) is 1. The standard InChI is InChI=1S/C19H22N2O4/c1-13(21(2)11-14-5-4-6-16(9-14)23-3)19(22)20-15-7-8-17-18(10-15)25-12-24-17/h4-10,13H,11-12H2,1-3H3,(H,20,22)/t13-/m0/s1. The van der Waals surface area contributed by atoms with E-state index in [1.807, 2.05) is 43.1 Å². The Kier molecular flexibility index (Phi) is 5.09. The summed E-state index contributed by atoms with van der Waals surface area (Å²) in [6.45, 7) is 2.74. The second-order valence-corrected chi connectivity index (χ2v) is 6.00. The molecule has 0 saturated carbocycles. The zero-order valence-corrected chi connectivity index (χ0v) is 14.6. The summed E-state index contributed by atoms with van der Waals surface area (Å²) in [7, 11) is 3.56. The van der Waals surface area contributed by atoms with E-state index in [1.165, 1.54) is 0 Å². The third kappa shape index (κ3) is 4.03. The van der Waals surface area contributed by atoms with Crippen LogP contribution < -0.4 is 19.5 Å². The Hall–Kier alpha value is -2.73. The number of ether oxygens (including phenoxy) is 3. The molecule has 0 spiro atoms. The largest absolute Gasteiger partial charge is 0.497 e. The highest BCUT2D eigenvalue weighted by molar-refractivity contribution is 5.94. The molecule has 0 bridgehead atoms. The quantitative estimate of drug-likeness (QED) is 0.875. The molecule has 1 aliphatic rings. The molecule has 0 unspecified atom stereocenters. The maximum atomic E-state index is 12.5. The van der Waals surface area contributed by atoms with Crippen LogP contribution in [0.4, 0.5) is 5.69 Å². The summed E-state index contributed by atoms with van der Waals surface area (Å²) in [6.07, 6.45) is 0. The van der Waals surface area contributed by atoms with Crippen molar-refractivity contribution in [2.75, 3.05) is 26.3 Å². The van der Waals surface area contributed by atoms with Crippen molar-refractivity contribution in [3.8, 4) is 17.2 Å². The lowest BCUT2D eigenvalue weighted by molar-refractivity contribution is -0.120. The van der Waals surface area contributed by atoms with E-state index >= 15 is 0 Å². The van der Waals surface area contributed by atoms with Gasteiger partial charge in [0.1, 0.15) is 5.75 Å². The molecule has 0 saturated heterocycles. The first-order valence-electron chi connectivity index (χ1n) is 8.10. The molecule has 25 heavy (non-hydrogen) atoms. The molecule has 1 aliphatic heterocycles. The number of amides is 1. The fourth-order valence-electron chi connectivity index (χ4n) is 2.62. The van der Waals surface area contributed by atoms with Gasteiger partial charge in [-0.2, -0.15) is 0 Å². The fraction of sp³-hybridized carbons (Fsp3) is 0.316. The molecule has 6 heteroatoms. The zero-order chi connectivity index (χ0) is 17.8. The second-order valence-electron chi connectivity index (χ2n) is 6.00. The van der Waals surface area contributed by atoms with E-state index in [4.69, 9.17) is 14.2 Å². The molecule has 0 aliphatic carbocycles. The predicted octanol–water partition coefficient (Wildman–Crippen LogP) is 2.88. The third-order valence-electron chi connectivity index (χ3n) is 4.25. The Morgan fingerprint density at radius 3 is 2.84 bits per heavy atom. The molecule has 6 nitrogen and oxygen atoms in total. The minimum Gasteiger partial charge on any atom is -0.497 e. The van der Waals surface area contributed by atoms with Gasteiger partial charge in [0.15, 0.2) is 11.5 Å². The molecule has 0 fully saturated rings. The SMILES string of the molecule is COc1cccc(CN(C)[C@@H](C)C(=O)Nc2ccc3c(c2)OCO3)c1. The molecule has 1 heterocycles. The highest BCUT2D eigenvalue weighted by atomic mass is 16.7. The number of rotatable bonds is 6. The van der Waals surface area contributed by atoms with Crippen molar-refractivity contribution < 1.29 is 19.0 Å². The summed E-state index contributed by atoms with van der Waals surface area (Å²) in [5.41, 5.74) is 1.78. The predicted molar refractivity (Wildman–Crippen MR) is 95.1 cm³/mol. The van der Waals surface area contributed by atoms with Gasteiger partial charge in [-0.05, 0) is 43.8 Å². The van der Waals surface area contributed by atoms with Crippen molar-refractivity contribution in [3.05, 3.63) is 48.0 Å². The first kappa shape index (κ1) is 17.1. The van der Waals surface area contributed by atoms with Crippen molar-refractivity contribution in [2.45, 2.75) is 19.5 Å². The molecule has 1 atom stereocenters. The lowest BCUT2D eigenvalue weighted by atomic mass is 10.1. The van der Waals surface area contributed by atoms with E-state index in [0.29, 0.717) is 23.7 Å². The summed E-state index contributed by atoms with van der Waals surface area (Å²) < 4.78 is 15.8. The fourth-order valence-corrected chi connectivity index (χ4v) is 2.62. The monoisotopic (exact) mass is 342 g/mol. The number of anilines is 1. The van der Waals surface area contributed by atoms with Gasteiger partial charge in [0.25, 0.3) is 0 Å². The topological polar surface area (TPSA) is 60.0 Å². The lowest BCUT2D eigenvalue weighted by Crippen LogP contribution is -2.39. The molecule has 0 radical (unpaired) electrons. The van der Waals surface area contributed by atoms with Crippen LogP contribution in [-0.2, 0) is 11.3 Å². The van der Waals surface area contributed by atoms with Gasteiger partial charge in [-0.1, -0.05) is 12.1 Å². The first-order valence-corrected chi connectivity index (χ1v) is 8.10. The van der Waals surface area contributed by atoms with E-state index in [0.717, 1.165) is 11.3 Å². The van der Waals surface area contributed by atoms with Gasteiger partial charge in [-0.25, -0.2) is 0 Å². The van der Waals surface area contributed by atoms with Gasteiger partial charge in [-0.15, -0.1) is 0 Å². The summed E-state index contributed by atoms with van der Waals surface area (Å²) in [6, 6.07) is 12.9. The number of hydrogen-bond acceptors (Lipinski definition) is 5. The van der Waals surface area contributed by atoms with Gasteiger partial charge in [0.05, 0.1) is 13.2 Å². The molecule has 2 aromatic rings. The molecular weight excluding hydrogens is 320 g/mol. The number of likely N-dealkylation sites (N-methyl/N-ethyl adjacent to an activating group) is 1. The van der Waals surface area contributed by atoms with Crippen molar-refractivity contribution >= 4 is 11.6 Å². The normalized spacial score (nSPS) is 13.6. The van der Waals surface area contributed by atoms with Crippen LogP contribution in [0.3, 0.4) is 0 Å². The summed E-state index contributed by atoms with van der Waals surface area (Å²) in [5.74, 6) is 2.07. The Bertz CT molecular complexity index is 763. The van der Waals surface area contributed by atoms with Gasteiger partial charge in [0, 0.05) is 18.3 Å². The Morgan fingerprint density at radius 2 is 2.04 bits per heavy atom. The van der Waals surface area contributed by atoms with Crippen LogP contribution in [0, 0.1) is 0 Å². The van der Waals surface area contributed by atoms with Crippen LogP contribution in [0.15, 0.2) is 42.5 Å². The Balaban J connectivity index is 1.61. The van der Waals surface area contributed by atoms with Crippen molar-refractivity contribution in [2.24, 2.45) is 0 Å². The smallest absolute Gasteiger partial charge is 0.241 e. The molecule has 3 rings (SSSR count). The second kappa shape index (κ2) is 7.44. The van der Waals surface area contributed by atoms with Gasteiger partial charge in [0.2, 0.25) is 12.7 Å². The number of fused-ring (bicyclic) bond motifs is 1. The average Bonchev–Trinajstić information content (AvgIpc) is 3.08. The Labute approximate surface area is 147 Å². The first-order chi connectivity index (χ1) is 12.1.